The average Bonchev–Trinajstić information content (AvgIpc) is 3.05. The van der Waals surface area contributed by atoms with Gasteiger partial charge in [0.1, 0.15) is 0 Å². The summed E-state index contributed by atoms with van der Waals surface area (Å²) in [6.07, 6.45) is 0.183. The molecule has 2 rings (SSSR count). The maximum atomic E-state index is 12.5. The summed E-state index contributed by atoms with van der Waals surface area (Å²) in [6.45, 7) is 4.67. The van der Waals surface area contributed by atoms with Crippen molar-refractivity contribution in [2.45, 2.75) is 57.8 Å². The van der Waals surface area contributed by atoms with Gasteiger partial charge >= 0.3 is 6.18 Å². The fraction of sp³-hybridized carbons (Fsp3) is 1.00. The summed E-state index contributed by atoms with van der Waals surface area (Å²) in [7, 11) is 0. The van der Waals surface area contributed by atoms with Crippen molar-refractivity contribution in [2.75, 3.05) is 19.6 Å². The molecule has 2 fully saturated rings. The molecule has 5 heteroatoms. The molecule has 2 aliphatic carbocycles. The Morgan fingerprint density at radius 3 is 2.11 bits per heavy atom. The highest BCUT2D eigenvalue weighted by Gasteiger charge is 2.40. The van der Waals surface area contributed by atoms with Crippen LogP contribution in [0.25, 0.3) is 0 Å². The van der Waals surface area contributed by atoms with E-state index in [2.05, 4.69) is 5.32 Å². The minimum absolute atomic E-state index is 0.101. The molecule has 0 spiro atoms. The predicted molar refractivity (Wildman–Crippen MR) is 65.5 cm³/mol. The van der Waals surface area contributed by atoms with Crippen molar-refractivity contribution < 1.29 is 13.2 Å². The Kier molecular flexibility index (Phi) is 3.93. The van der Waals surface area contributed by atoms with Crippen molar-refractivity contribution in [3.63, 3.8) is 0 Å². The molecule has 0 amide bonds. The molecule has 0 bridgehead atoms. The number of hydrogen-bond donors (Lipinski definition) is 1. The van der Waals surface area contributed by atoms with Crippen LogP contribution in [-0.4, -0.2) is 42.8 Å². The lowest BCUT2D eigenvalue weighted by molar-refractivity contribution is -0.149. The number of rotatable bonds is 7. The molecule has 2 aliphatic rings. The summed E-state index contributed by atoms with van der Waals surface area (Å²) in [5.41, 5.74) is -0.101. The molecular weight excluding hydrogens is 241 g/mol. The second-order valence-electron chi connectivity index (χ2n) is 6.57. The van der Waals surface area contributed by atoms with Gasteiger partial charge in [0.2, 0.25) is 0 Å². The maximum absolute atomic E-state index is 12.5. The minimum atomic E-state index is -4.08. The van der Waals surface area contributed by atoms with Crippen LogP contribution in [0.5, 0.6) is 0 Å². The fourth-order valence-electron chi connectivity index (χ4n) is 2.30. The fourth-order valence-corrected chi connectivity index (χ4v) is 2.30. The Bertz CT molecular complexity index is 280. The van der Waals surface area contributed by atoms with Crippen molar-refractivity contribution in [3.05, 3.63) is 0 Å². The lowest BCUT2D eigenvalue weighted by Crippen LogP contribution is -2.45. The highest BCUT2D eigenvalue weighted by atomic mass is 19.4. The first-order valence-corrected chi connectivity index (χ1v) is 6.79. The van der Waals surface area contributed by atoms with Crippen LogP contribution < -0.4 is 5.32 Å². The van der Waals surface area contributed by atoms with Crippen molar-refractivity contribution in [3.8, 4) is 0 Å². The first kappa shape index (κ1) is 14.1. The van der Waals surface area contributed by atoms with Crippen LogP contribution in [-0.2, 0) is 0 Å². The molecule has 2 nitrogen and oxygen atoms in total. The van der Waals surface area contributed by atoms with E-state index in [1.807, 2.05) is 13.8 Å². The van der Waals surface area contributed by atoms with E-state index in [1.54, 1.807) is 4.90 Å². The van der Waals surface area contributed by atoms with E-state index in [0.29, 0.717) is 12.6 Å². The lowest BCUT2D eigenvalue weighted by atomic mass is 9.92. The van der Waals surface area contributed by atoms with Gasteiger partial charge in [-0.15, -0.1) is 0 Å². The third kappa shape index (κ3) is 5.14. The average molecular weight is 264 g/mol. The van der Waals surface area contributed by atoms with Crippen LogP contribution in [0, 0.1) is 5.41 Å². The molecule has 106 valence electrons. The molecule has 0 atom stereocenters. The highest BCUT2D eigenvalue weighted by Crippen LogP contribution is 2.33. The van der Waals surface area contributed by atoms with Crippen molar-refractivity contribution in [1.29, 1.82) is 0 Å². The lowest BCUT2D eigenvalue weighted by Gasteiger charge is -2.33. The van der Waals surface area contributed by atoms with Gasteiger partial charge in [0.15, 0.2) is 0 Å². The summed E-state index contributed by atoms with van der Waals surface area (Å²) < 4.78 is 37.6. The molecule has 0 unspecified atom stereocenters. The Hall–Kier alpha value is -0.290. The Labute approximate surface area is 107 Å². The van der Waals surface area contributed by atoms with Crippen LogP contribution in [0.1, 0.15) is 39.5 Å². The minimum Gasteiger partial charge on any atom is -0.313 e. The largest absolute Gasteiger partial charge is 0.401 e. The van der Waals surface area contributed by atoms with Crippen LogP contribution in [0.3, 0.4) is 0 Å². The quantitative estimate of drug-likeness (QED) is 0.760. The zero-order valence-corrected chi connectivity index (χ0v) is 11.2. The van der Waals surface area contributed by atoms with Gasteiger partial charge in [-0.25, -0.2) is 0 Å². The predicted octanol–water partition coefficient (Wildman–Crippen LogP) is 2.79. The Morgan fingerprint density at radius 1 is 1.06 bits per heavy atom. The second kappa shape index (κ2) is 5.00. The topological polar surface area (TPSA) is 15.3 Å². The second-order valence-corrected chi connectivity index (χ2v) is 6.57. The molecular formula is C13H23F3N2. The van der Waals surface area contributed by atoms with E-state index in [0.717, 1.165) is 19.4 Å². The molecule has 0 aromatic heterocycles. The molecule has 0 saturated heterocycles. The summed E-state index contributed by atoms with van der Waals surface area (Å²) in [5.74, 6) is 0. The van der Waals surface area contributed by atoms with Gasteiger partial charge < -0.3 is 5.32 Å². The van der Waals surface area contributed by atoms with Gasteiger partial charge in [-0.2, -0.15) is 13.2 Å². The summed E-state index contributed by atoms with van der Waals surface area (Å²) >= 11 is 0. The zero-order chi connectivity index (χ0) is 13.4. The molecule has 0 radical (unpaired) electrons. The summed E-state index contributed by atoms with van der Waals surface area (Å²) in [6, 6.07) is 0.771. The van der Waals surface area contributed by atoms with E-state index in [9.17, 15) is 13.2 Å². The van der Waals surface area contributed by atoms with Crippen LogP contribution in [0.15, 0.2) is 0 Å². The van der Waals surface area contributed by atoms with Gasteiger partial charge in [-0.05, 0) is 31.1 Å². The number of nitrogens with zero attached hydrogens (tertiary/aromatic N) is 1. The van der Waals surface area contributed by atoms with Crippen LogP contribution in [0.2, 0.25) is 0 Å². The first-order chi connectivity index (χ1) is 8.25. The molecule has 0 aromatic rings. The maximum Gasteiger partial charge on any atom is 0.401 e. The van der Waals surface area contributed by atoms with Gasteiger partial charge in [-0.1, -0.05) is 13.8 Å². The third-order valence-corrected chi connectivity index (χ3v) is 3.52. The first-order valence-electron chi connectivity index (χ1n) is 6.79. The molecule has 18 heavy (non-hydrogen) atoms. The SMILES string of the molecule is CC(C)(CNC1CC1)CN(CC(F)(F)F)C1CC1. The molecule has 0 aliphatic heterocycles. The van der Waals surface area contributed by atoms with Crippen molar-refractivity contribution in [1.82, 2.24) is 10.2 Å². The van der Waals surface area contributed by atoms with Gasteiger partial charge in [0.25, 0.3) is 0 Å². The standard InChI is InChI=1S/C13H23F3N2/c1-12(2,7-17-10-3-4-10)8-18(11-5-6-11)9-13(14,15)16/h10-11,17H,3-9H2,1-2H3. The molecule has 2 saturated carbocycles. The van der Waals surface area contributed by atoms with Gasteiger partial charge in [0, 0.05) is 25.2 Å². The van der Waals surface area contributed by atoms with Gasteiger partial charge in [-0.3, -0.25) is 4.90 Å². The summed E-state index contributed by atoms with van der Waals surface area (Å²) in [5, 5.41) is 3.42. The highest BCUT2D eigenvalue weighted by molar-refractivity contribution is 4.90. The van der Waals surface area contributed by atoms with E-state index in [1.165, 1.54) is 12.8 Å². The Morgan fingerprint density at radius 2 is 1.67 bits per heavy atom. The normalized spacial score (nSPS) is 21.7. The van der Waals surface area contributed by atoms with Crippen molar-refractivity contribution >= 4 is 0 Å². The summed E-state index contributed by atoms with van der Waals surface area (Å²) in [4.78, 5) is 1.62. The van der Waals surface area contributed by atoms with Gasteiger partial charge in [0.05, 0.1) is 6.54 Å². The number of nitrogens with one attached hydrogen (secondary N) is 1. The zero-order valence-electron chi connectivity index (χ0n) is 11.2. The monoisotopic (exact) mass is 264 g/mol. The molecule has 0 heterocycles. The molecule has 1 N–H and O–H groups in total. The molecule has 0 aromatic carbocycles. The number of alkyl halides is 3. The number of hydrogen-bond acceptors (Lipinski definition) is 2. The van der Waals surface area contributed by atoms with Crippen LogP contribution >= 0.6 is 0 Å². The number of halogens is 3. The van der Waals surface area contributed by atoms with E-state index < -0.39 is 12.7 Å². The van der Waals surface area contributed by atoms with E-state index in [-0.39, 0.29) is 11.5 Å². The third-order valence-electron chi connectivity index (χ3n) is 3.52. The van der Waals surface area contributed by atoms with E-state index in [4.69, 9.17) is 0 Å². The smallest absolute Gasteiger partial charge is 0.313 e. The van der Waals surface area contributed by atoms with Crippen LogP contribution in [0.4, 0.5) is 13.2 Å². The van der Waals surface area contributed by atoms with Crippen molar-refractivity contribution in [2.24, 2.45) is 5.41 Å². The Balaban J connectivity index is 1.82. The van der Waals surface area contributed by atoms with E-state index >= 15 is 0 Å².